The summed E-state index contributed by atoms with van der Waals surface area (Å²) in [7, 11) is 0. The molecule has 6 heteroatoms. The summed E-state index contributed by atoms with van der Waals surface area (Å²) < 4.78 is 0. The van der Waals surface area contributed by atoms with Crippen molar-refractivity contribution in [3.63, 3.8) is 0 Å². The van der Waals surface area contributed by atoms with Crippen molar-refractivity contribution >= 4 is 5.91 Å². The zero-order valence-electron chi connectivity index (χ0n) is 19.7. The van der Waals surface area contributed by atoms with E-state index in [0.717, 1.165) is 87.4 Å². The minimum atomic E-state index is -0.645. The molecular weight excluding hydrogens is 400 g/mol. The first kappa shape index (κ1) is 21.4. The molecule has 2 saturated heterocycles. The van der Waals surface area contributed by atoms with Gasteiger partial charge in [0.25, 0.3) is 0 Å². The molecule has 0 radical (unpaired) electrons. The third-order valence-corrected chi connectivity index (χ3v) is 9.85. The highest BCUT2D eigenvalue weighted by molar-refractivity contribution is 5.79. The van der Waals surface area contributed by atoms with E-state index in [1.54, 1.807) is 0 Å². The smallest absolute Gasteiger partial charge is 0.225 e. The molecule has 0 aromatic carbocycles. The monoisotopic (exact) mass is 442 g/mol. The van der Waals surface area contributed by atoms with E-state index in [2.05, 4.69) is 26.8 Å². The molecule has 6 nitrogen and oxygen atoms in total. The molecule has 6 rings (SSSR count). The summed E-state index contributed by atoms with van der Waals surface area (Å²) in [5.41, 5.74) is 3.95. The number of carbonyl (C=O) groups excluding carboxylic acids is 1. The van der Waals surface area contributed by atoms with Crippen LogP contribution >= 0.6 is 0 Å². The number of piperazine rings is 1. The highest BCUT2D eigenvalue weighted by atomic mass is 16.3. The van der Waals surface area contributed by atoms with Crippen LogP contribution in [0, 0.1) is 23.7 Å². The standard InChI is InChI=1S/C26H42N4O2/c1-18(26(32)10-11-26)28-12-14-29(15-13-28)25(31)20-4-2-19(3-5-20)21-6-7-22-17-27-30(23-8-9-23)24(22)16-21/h19-24,27,32H,1-17H2. The molecule has 2 N–H and O–H groups in total. The van der Waals surface area contributed by atoms with E-state index in [1.165, 1.54) is 51.5 Å². The molecule has 2 aliphatic heterocycles. The first-order chi connectivity index (χ1) is 15.5. The van der Waals surface area contributed by atoms with Gasteiger partial charge in [-0.2, -0.15) is 0 Å². The van der Waals surface area contributed by atoms with Gasteiger partial charge >= 0.3 is 0 Å². The van der Waals surface area contributed by atoms with Crippen molar-refractivity contribution in [2.75, 3.05) is 32.7 Å². The Morgan fingerprint density at radius 3 is 2.12 bits per heavy atom. The van der Waals surface area contributed by atoms with Gasteiger partial charge in [0.2, 0.25) is 5.91 Å². The van der Waals surface area contributed by atoms with Crippen molar-refractivity contribution in [1.82, 2.24) is 20.2 Å². The van der Waals surface area contributed by atoms with E-state index >= 15 is 0 Å². The molecule has 4 saturated carbocycles. The fraction of sp³-hybridized carbons (Fsp3) is 0.885. The number of aliphatic hydroxyl groups is 1. The van der Waals surface area contributed by atoms with Crippen LogP contribution in [0.15, 0.2) is 12.3 Å². The summed E-state index contributed by atoms with van der Waals surface area (Å²) in [6, 6.07) is 1.60. The molecular formula is C26H42N4O2. The molecule has 0 bridgehead atoms. The quantitative estimate of drug-likeness (QED) is 0.686. The first-order valence-electron chi connectivity index (χ1n) is 13.5. The molecule has 3 atom stereocenters. The van der Waals surface area contributed by atoms with E-state index in [1.807, 2.05) is 0 Å². The lowest BCUT2D eigenvalue weighted by Crippen LogP contribution is -2.51. The normalized spacial score (nSPS) is 39.6. The Balaban J connectivity index is 0.972. The Hall–Kier alpha value is -1.11. The molecule has 0 spiro atoms. The molecule has 0 aromatic heterocycles. The highest BCUT2D eigenvalue weighted by Crippen LogP contribution is 2.46. The summed E-state index contributed by atoms with van der Waals surface area (Å²) in [6.45, 7) is 8.53. The van der Waals surface area contributed by atoms with Crippen LogP contribution < -0.4 is 5.43 Å². The van der Waals surface area contributed by atoms with Crippen molar-refractivity contribution < 1.29 is 9.90 Å². The van der Waals surface area contributed by atoms with Crippen molar-refractivity contribution in [3.8, 4) is 0 Å². The molecule has 4 aliphatic carbocycles. The van der Waals surface area contributed by atoms with Crippen LogP contribution in [-0.4, -0.2) is 76.2 Å². The van der Waals surface area contributed by atoms with Crippen molar-refractivity contribution in [3.05, 3.63) is 12.3 Å². The van der Waals surface area contributed by atoms with Crippen LogP contribution in [0.1, 0.15) is 70.6 Å². The predicted molar refractivity (Wildman–Crippen MR) is 124 cm³/mol. The Morgan fingerprint density at radius 2 is 1.47 bits per heavy atom. The Labute approximate surface area is 193 Å². The number of fused-ring (bicyclic) bond motifs is 1. The van der Waals surface area contributed by atoms with Gasteiger partial charge in [-0.25, -0.2) is 5.01 Å². The van der Waals surface area contributed by atoms with Crippen molar-refractivity contribution in [1.29, 1.82) is 0 Å². The summed E-state index contributed by atoms with van der Waals surface area (Å²) in [6.07, 6.45) is 13.3. The zero-order chi connectivity index (χ0) is 21.9. The number of hydrazine groups is 1. The van der Waals surface area contributed by atoms with Gasteiger partial charge in [-0.05, 0) is 88.4 Å². The average molecular weight is 443 g/mol. The van der Waals surface area contributed by atoms with Crippen LogP contribution in [-0.2, 0) is 4.79 Å². The van der Waals surface area contributed by atoms with Crippen molar-refractivity contribution in [2.24, 2.45) is 23.7 Å². The van der Waals surface area contributed by atoms with Gasteiger partial charge in [0.15, 0.2) is 0 Å². The maximum Gasteiger partial charge on any atom is 0.225 e. The minimum absolute atomic E-state index is 0.237. The lowest BCUT2D eigenvalue weighted by Gasteiger charge is -2.42. The van der Waals surface area contributed by atoms with Crippen molar-refractivity contribution in [2.45, 2.75) is 88.3 Å². The lowest BCUT2D eigenvalue weighted by molar-refractivity contribution is -0.138. The number of carbonyl (C=O) groups is 1. The molecule has 1 amide bonds. The first-order valence-corrected chi connectivity index (χ1v) is 13.5. The molecule has 3 unspecified atom stereocenters. The van der Waals surface area contributed by atoms with Gasteiger partial charge in [-0.1, -0.05) is 6.58 Å². The number of hydrogen-bond donors (Lipinski definition) is 2. The Kier molecular flexibility index (Phi) is 5.54. The third kappa shape index (κ3) is 4.01. The van der Waals surface area contributed by atoms with Gasteiger partial charge < -0.3 is 14.9 Å². The van der Waals surface area contributed by atoms with Crippen LogP contribution in [0.2, 0.25) is 0 Å². The van der Waals surface area contributed by atoms with Crippen LogP contribution in [0.5, 0.6) is 0 Å². The molecule has 2 heterocycles. The fourth-order valence-corrected chi connectivity index (χ4v) is 7.33. The number of amides is 1. The maximum atomic E-state index is 13.2. The number of rotatable bonds is 5. The summed E-state index contributed by atoms with van der Waals surface area (Å²) in [5, 5.41) is 13.0. The number of nitrogens with one attached hydrogen (secondary N) is 1. The second kappa shape index (κ2) is 8.28. The second-order valence-corrected chi connectivity index (χ2v) is 11.8. The van der Waals surface area contributed by atoms with Gasteiger partial charge in [-0.15, -0.1) is 0 Å². The van der Waals surface area contributed by atoms with Crippen LogP contribution in [0.3, 0.4) is 0 Å². The summed E-state index contributed by atoms with van der Waals surface area (Å²) >= 11 is 0. The van der Waals surface area contributed by atoms with Crippen LogP contribution in [0.25, 0.3) is 0 Å². The third-order valence-electron chi connectivity index (χ3n) is 9.85. The molecule has 0 aromatic rings. The molecule has 32 heavy (non-hydrogen) atoms. The predicted octanol–water partition coefficient (Wildman–Crippen LogP) is 2.74. The van der Waals surface area contributed by atoms with E-state index in [0.29, 0.717) is 5.91 Å². The highest BCUT2D eigenvalue weighted by Gasteiger charge is 2.47. The summed E-state index contributed by atoms with van der Waals surface area (Å²) in [4.78, 5) is 17.5. The zero-order valence-corrected chi connectivity index (χ0v) is 19.7. The minimum Gasteiger partial charge on any atom is -0.384 e. The van der Waals surface area contributed by atoms with E-state index in [-0.39, 0.29) is 5.92 Å². The lowest BCUT2D eigenvalue weighted by atomic mass is 9.68. The van der Waals surface area contributed by atoms with Gasteiger partial charge in [-0.3, -0.25) is 10.2 Å². The van der Waals surface area contributed by atoms with E-state index in [9.17, 15) is 9.90 Å². The SMILES string of the molecule is C=C(N1CCN(C(=O)C2CCC(C3CCC4CNN(C5CC5)C4C3)CC2)CC1)C1(O)CC1. The molecule has 6 aliphatic rings. The van der Waals surface area contributed by atoms with Gasteiger partial charge in [0, 0.05) is 56.4 Å². The Morgan fingerprint density at radius 1 is 0.844 bits per heavy atom. The van der Waals surface area contributed by atoms with E-state index in [4.69, 9.17) is 0 Å². The second-order valence-electron chi connectivity index (χ2n) is 11.8. The maximum absolute atomic E-state index is 13.2. The van der Waals surface area contributed by atoms with Gasteiger partial charge in [0.05, 0.1) is 0 Å². The Bertz CT molecular complexity index is 732. The molecule has 178 valence electrons. The molecule has 6 fully saturated rings. The van der Waals surface area contributed by atoms with Gasteiger partial charge in [0.1, 0.15) is 5.60 Å². The topological polar surface area (TPSA) is 59.0 Å². The number of hydrogen-bond acceptors (Lipinski definition) is 5. The fourth-order valence-electron chi connectivity index (χ4n) is 7.33. The average Bonchev–Trinajstić information content (AvgIpc) is 3.77. The van der Waals surface area contributed by atoms with Crippen LogP contribution in [0.4, 0.5) is 0 Å². The summed E-state index contributed by atoms with van der Waals surface area (Å²) in [5.74, 6) is 3.21. The number of nitrogens with zero attached hydrogens (tertiary/aromatic N) is 3. The van der Waals surface area contributed by atoms with E-state index < -0.39 is 5.60 Å². The largest absolute Gasteiger partial charge is 0.384 e.